The summed E-state index contributed by atoms with van der Waals surface area (Å²) in [6.07, 6.45) is 0.222. The van der Waals surface area contributed by atoms with Crippen LogP contribution < -0.4 is 19.1 Å². The monoisotopic (exact) mass is 675 g/mol. The summed E-state index contributed by atoms with van der Waals surface area (Å²) in [6.45, 7) is 4.54. The van der Waals surface area contributed by atoms with Gasteiger partial charge in [-0.15, -0.1) is 0 Å². The minimum atomic E-state index is -4.24. The number of sulfonamides is 1. The van der Waals surface area contributed by atoms with Crippen LogP contribution in [0.3, 0.4) is 0 Å². The largest absolute Gasteiger partial charge is 0.486 e. The average molecular weight is 676 g/mol. The molecule has 0 fully saturated rings. The second-order valence-corrected chi connectivity index (χ2v) is 13.9. The SMILES string of the molecule is CC(C)CNC(=O)[C@H](Cc1ccccc1)N(Cc1ccc(Cl)cc1)C(=O)CN(c1ccc2c(c1)OCCO2)S(=O)(=O)c1ccccc1. The van der Waals surface area contributed by atoms with Gasteiger partial charge in [-0.3, -0.25) is 13.9 Å². The number of rotatable bonds is 13. The van der Waals surface area contributed by atoms with Crippen molar-refractivity contribution in [3.05, 3.63) is 119 Å². The van der Waals surface area contributed by atoms with Crippen LogP contribution in [0.2, 0.25) is 5.02 Å². The normalized spacial score (nSPS) is 13.1. The quantitative estimate of drug-likeness (QED) is 0.194. The van der Waals surface area contributed by atoms with E-state index in [1.165, 1.54) is 17.0 Å². The lowest BCUT2D eigenvalue weighted by atomic mass is 10.0. The summed E-state index contributed by atoms with van der Waals surface area (Å²) in [5.41, 5.74) is 1.81. The van der Waals surface area contributed by atoms with E-state index in [4.69, 9.17) is 21.1 Å². The number of halogens is 1. The van der Waals surface area contributed by atoms with Gasteiger partial charge in [-0.05, 0) is 53.4 Å². The molecular weight excluding hydrogens is 638 g/mol. The Morgan fingerprint density at radius 1 is 0.830 bits per heavy atom. The molecule has 4 aromatic rings. The van der Waals surface area contributed by atoms with Gasteiger partial charge in [-0.1, -0.05) is 86.1 Å². The highest BCUT2D eigenvalue weighted by atomic mass is 35.5. The molecule has 0 unspecified atom stereocenters. The Balaban J connectivity index is 1.57. The summed E-state index contributed by atoms with van der Waals surface area (Å²) in [4.78, 5) is 30.0. The van der Waals surface area contributed by atoms with Crippen molar-refractivity contribution >= 4 is 39.1 Å². The maximum absolute atomic E-state index is 14.6. The molecule has 9 nitrogen and oxygen atoms in total. The van der Waals surface area contributed by atoms with Crippen LogP contribution in [-0.2, 0) is 32.6 Å². The number of fused-ring (bicyclic) bond motifs is 1. The maximum atomic E-state index is 14.6. The average Bonchev–Trinajstić information content (AvgIpc) is 3.09. The molecule has 1 N–H and O–H groups in total. The number of hydrogen-bond donors (Lipinski definition) is 1. The lowest BCUT2D eigenvalue weighted by Crippen LogP contribution is -2.53. The third-order valence-electron chi connectivity index (χ3n) is 7.65. The Hall–Kier alpha value is -4.54. The molecule has 0 radical (unpaired) electrons. The number of carbonyl (C=O) groups excluding carboxylic acids is 2. The number of hydrogen-bond acceptors (Lipinski definition) is 6. The van der Waals surface area contributed by atoms with Gasteiger partial charge in [0, 0.05) is 30.6 Å². The van der Waals surface area contributed by atoms with Crippen LogP contribution in [-0.4, -0.2) is 57.5 Å². The van der Waals surface area contributed by atoms with Gasteiger partial charge in [0.15, 0.2) is 11.5 Å². The maximum Gasteiger partial charge on any atom is 0.264 e. The topological polar surface area (TPSA) is 105 Å². The zero-order chi connectivity index (χ0) is 33.4. The van der Waals surface area contributed by atoms with Gasteiger partial charge in [0.25, 0.3) is 10.0 Å². The summed E-state index contributed by atoms with van der Waals surface area (Å²) in [5.74, 6) is 0.148. The van der Waals surface area contributed by atoms with Crippen LogP contribution in [0.15, 0.2) is 108 Å². The van der Waals surface area contributed by atoms with Gasteiger partial charge in [0.1, 0.15) is 25.8 Å². The van der Waals surface area contributed by atoms with Gasteiger partial charge in [-0.2, -0.15) is 0 Å². The molecule has 47 heavy (non-hydrogen) atoms. The van der Waals surface area contributed by atoms with E-state index in [1.807, 2.05) is 44.2 Å². The van der Waals surface area contributed by atoms with Crippen molar-refractivity contribution in [3.8, 4) is 11.5 Å². The van der Waals surface area contributed by atoms with E-state index in [0.29, 0.717) is 36.3 Å². The van der Waals surface area contributed by atoms with Crippen LogP contribution in [0.1, 0.15) is 25.0 Å². The van der Waals surface area contributed by atoms with Crippen molar-refractivity contribution in [1.82, 2.24) is 10.2 Å². The lowest BCUT2D eigenvalue weighted by Gasteiger charge is -2.34. The summed E-state index contributed by atoms with van der Waals surface area (Å²) >= 11 is 6.16. The van der Waals surface area contributed by atoms with Gasteiger partial charge in [0.2, 0.25) is 11.8 Å². The highest BCUT2D eigenvalue weighted by molar-refractivity contribution is 7.92. The third-order valence-corrected chi connectivity index (χ3v) is 9.69. The molecular formula is C36H38ClN3O6S. The molecule has 1 heterocycles. The van der Waals surface area contributed by atoms with Crippen LogP contribution in [0.5, 0.6) is 11.5 Å². The molecule has 0 aromatic heterocycles. The molecule has 0 saturated heterocycles. The molecule has 0 saturated carbocycles. The number of anilines is 1. The fourth-order valence-electron chi connectivity index (χ4n) is 5.20. The van der Waals surface area contributed by atoms with E-state index < -0.39 is 28.5 Å². The van der Waals surface area contributed by atoms with E-state index in [1.54, 1.807) is 60.7 Å². The van der Waals surface area contributed by atoms with E-state index in [0.717, 1.165) is 15.4 Å². The summed E-state index contributed by atoms with van der Waals surface area (Å²) in [7, 11) is -4.24. The van der Waals surface area contributed by atoms with Crippen molar-refractivity contribution < 1.29 is 27.5 Å². The minimum absolute atomic E-state index is 0.0162. The van der Waals surface area contributed by atoms with Gasteiger partial charge in [-0.25, -0.2) is 8.42 Å². The molecule has 4 aromatic carbocycles. The molecule has 0 bridgehead atoms. The van der Waals surface area contributed by atoms with Crippen molar-refractivity contribution in [2.45, 2.75) is 37.8 Å². The number of amides is 2. The number of carbonyl (C=O) groups is 2. The molecule has 246 valence electrons. The summed E-state index contributed by atoms with van der Waals surface area (Å²) in [6, 6.07) is 28.2. The minimum Gasteiger partial charge on any atom is -0.486 e. The van der Waals surface area contributed by atoms with Crippen LogP contribution in [0, 0.1) is 5.92 Å². The van der Waals surface area contributed by atoms with E-state index >= 15 is 0 Å². The van der Waals surface area contributed by atoms with E-state index in [9.17, 15) is 18.0 Å². The zero-order valence-electron chi connectivity index (χ0n) is 26.3. The van der Waals surface area contributed by atoms with E-state index in [-0.39, 0.29) is 35.4 Å². The van der Waals surface area contributed by atoms with Gasteiger partial charge >= 0.3 is 0 Å². The molecule has 1 aliphatic rings. The fraction of sp³-hybridized carbons (Fsp3) is 0.278. The Morgan fingerprint density at radius 3 is 2.13 bits per heavy atom. The van der Waals surface area contributed by atoms with E-state index in [2.05, 4.69) is 5.32 Å². The Labute approximate surface area is 281 Å². The molecule has 1 atom stereocenters. The molecule has 11 heteroatoms. The summed E-state index contributed by atoms with van der Waals surface area (Å²) in [5, 5.41) is 3.52. The van der Waals surface area contributed by atoms with Crippen LogP contribution >= 0.6 is 11.6 Å². The zero-order valence-corrected chi connectivity index (χ0v) is 27.9. The Bertz CT molecular complexity index is 1770. The third kappa shape index (κ3) is 8.64. The second kappa shape index (κ2) is 15.4. The first-order chi connectivity index (χ1) is 22.6. The van der Waals surface area contributed by atoms with Gasteiger partial charge < -0.3 is 19.7 Å². The van der Waals surface area contributed by atoms with Crippen LogP contribution in [0.25, 0.3) is 0 Å². The molecule has 0 spiro atoms. The van der Waals surface area contributed by atoms with Crippen LogP contribution in [0.4, 0.5) is 5.69 Å². The highest BCUT2D eigenvalue weighted by Crippen LogP contribution is 2.36. The second-order valence-electron chi connectivity index (χ2n) is 11.6. The standard InChI is InChI=1S/C36H38ClN3O6S/c1-26(2)23-38-36(42)32(21-27-9-5-3-6-10-27)39(24-28-13-15-29(37)16-14-28)35(41)25-40(47(43,44)31-11-7-4-8-12-31)30-17-18-33-34(22-30)46-20-19-45-33/h3-18,22,26,32H,19-21,23-25H2,1-2H3,(H,38,42)/t32-/m0/s1. The molecule has 5 rings (SSSR count). The van der Waals surface area contributed by atoms with Crippen molar-refractivity contribution in [2.24, 2.45) is 5.92 Å². The lowest BCUT2D eigenvalue weighted by molar-refractivity contribution is -0.140. The first-order valence-corrected chi connectivity index (χ1v) is 17.3. The Kier molecular flexibility index (Phi) is 11.1. The Morgan fingerprint density at radius 2 is 1.47 bits per heavy atom. The number of nitrogens with zero attached hydrogens (tertiary/aromatic N) is 2. The molecule has 2 amide bonds. The smallest absolute Gasteiger partial charge is 0.264 e. The number of benzene rings is 4. The van der Waals surface area contributed by atoms with Crippen molar-refractivity contribution in [1.29, 1.82) is 0 Å². The highest BCUT2D eigenvalue weighted by Gasteiger charge is 2.35. The number of ether oxygens (including phenoxy) is 2. The van der Waals surface area contributed by atoms with Crippen molar-refractivity contribution in [2.75, 3.05) is 30.6 Å². The predicted molar refractivity (Wildman–Crippen MR) is 182 cm³/mol. The fourth-order valence-corrected chi connectivity index (χ4v) is 6.75. The first-order valence-electron chi connectivity index (χ1n) is 15.4. The first kappa shape index (κ1) is 33.8. The van der Waals surface area contributed by atoms with Gasteiger partial charge in [0.05, 0.1) is 10.6 Å². The van der Waals surface area contributed by atoms with Crippen molar-refractivity contribution in [3.63, 3.8) is 0 Å². The number of nitrogens with one attached hydrogen (secondary N) is 1. The molecule has 1 aliphatic heterocycles. The molecule has 0 aliphatic carbocycles. The predicted octanol–water partition coefficient (Wildman–Crippen LogP) is 5.72. The summed E-state index contributed by atoms with van der Waals surface area (Å²) < 4.78 is 40.9.